The molecule has 2 aromatic carbocycles. The molecule has 0 fully saturated rings. The molecule has 1 N–H and O–H groups in total. The second-order valence-electron chi connectivity index (χ2n) is 5.58. The Bertz CT molecular complexity index is 1030. The highest BCUT2D eigenvalue weighted by molar-refractivity contribution is 7.89. The molecule has 0 saturated heterocycles. The van der Waals surface area contributed by atoms with Gasteiger partial charge in [0.15, 0.2) is 5.76 Å². The minimum absolute atomic E-state index is 0.132. The van der Waals surface area contributed by atoms with E-state index in [0.717, 1.165) is 11.1 Å². The maximum Gasteiger partial charge on any atom is 0.240 e. The van der Waals surface area contributed by atoms with E-state index in [0.29, 0.717) is 28.7 Å². The summed E-state index contributed by atoms with van der Waals surface area (Å²) in [7, 11) is -3.69. The molecule has 128 valence electrons. The van der Waals surface area contributed by atoms with Gasteiger partial charge in [0, 0.05) is 11.6 Å². The van der Waals surface area contributed by atoms with E-state index in [-0.39, 0.29) is 11.4 Å². The van der Waals surface area contributed by atoms with Gasteiger partial charge in [0.2, 0.25) is 10.0 Å². The fourth-order valence-corrected chi connectivity index (χ4v) is 3.75. The maximum absolute atomic E-state index is 12.6. The summed E-state index contributed by atoms with van der Waals surface area (Å²) >= 11 is 5.83. The zero-order chi connectivity index (χ0) is 17.4. The van der Waals surface area contributed by atoms with E-state index in [4.69, 9.17) is 20.9 Å². The van der Waals surface area contributed by atoms with Gasteiger partial charge in [-0.25, -0.2) is 13.1 Å². The molecule has 2 heterocycles. The van der Waals surface area contributed by atoms with Gasteiger partial charge in [0.1, 0.15) is 12.4 Å². The van der Waals surface area contributed by atoms with E-state index >= 15 is 0 Å². The quantitative estimate of drug-likeness (QED) is 0.755. The first-order valence-corrected chi connectivity index (χ1v) is 9.34. The monoisotopic (exact) mass is 376 g/mol. The molecule has 0 bridgehead atoms. The Morgan fingerprint density at radius 3 is 2.76 bits per heavy atom. The first kappa shape index (κ1) is 16.1. The van der Waals surface area contributed by atoms with Crippen LogP contribution in [0.1, 0.15) is 11.1 Å². The van der Waals surface area contributed by atoms with Crippen molar-refractivity contribution >= 4 is 21.6 Å². The third-order valence-electron chi connectivity index (χ3n) is 3.91. The number of sulfonamides is 1. The van der Waals surface area contributed by atoms with Crippen molar-refractivity contribution in [1.82, 2.24) is 9.88 Å². The highest BCUT2D eigenvalue weighted by atomic mass is 35.5. The van der Waals surface area contributed by atoms with Crippen LogP contribution in [0, 0.1) is 0 Å². The van der Waals surface area contributed by atoms with Crippen LogP contribution in [0.2, 0.25) is 5.02 Å². The molecule has 0 amide bonds. The topological polar surface area (TPSA) is 81.4 Å². The Labute approximate surface area is 149 Å². The Hall–Kier alpha value is -2.35. The van der Waals surface area contributed by atoms with E-state index < -0.39 is 10.0 Å². The average Bonchev–Trinajstić information content (AvgIpc) is 3.10. The first-order chi connectivity index (χ1) is 12.0. The number of nitrogens with zero attached hydrogens (tertiary/aromatic N) is 1. The maximum atomic E-state index is 12.6. The minimum atomic E-state index is -3.69. The predicted octanol–water partition coefficient (Wildman–Crippen LogP) is 3.37. The lowest BCUT2D eigenvalue weighted by atomic mass is 10.1. The number of rotatable bonds is 4. The van der Waals surface area contributed by atoms with Crippen LogP contribution < -0.4 is 9.46 Å². The highest BCUT2D eigenvalue weighted by Crippen LogP contribution is 2.38. The number of fused-ring (bicyclic) bond motifs is 3. The average molecular weight is 377 g/mol. The molecule has 25 heavy (non-hydrogen) atoms. The van der Waals surface area contributed by atoms with Crippen LogP contribution in [0.5, 0.6) is 5.75 Å². The molecule has 0 atom stereocenters. The molecule has 1 aromatic heterocycles. The van der Waals surface area contributed by atoms with Gasteiger partial charge in [-0.05, 0) is 35.9 Å². The van der Waals surface area contributed by atoms with Gasteiger partial charge < -0.3 is 9.26 Å². The molecule has 0 aliphatic carbocycles. The van der Waals surface area contributed by atoms with Crippen molar-refractivity contribution in [2.75, 3.05) is 0 Å². The van der Waals surface area contributed by atoms with Crippen molar-refractivity contribution in [3.8, 4) is 17.1 Å². The summed E-state index contributed by atoms with van der Waals surface area (Å²) in [5.74, 6) is 1.11. The molecule has 0 saturated carbocycles. The van der Waals surface area contributed by atoms with Gasteiger partial charge in [0.05, 0.1) is 22.2 Å². The largest absolute Gasteiger partial charge is 0.488 e. The van der Waals surface area contributed by atoms with Gasteiger partial charge in [-0.3, -0.25) is 0 Å². The van der Waals surface area contributed by atoms with Crippen LogP contribution in [0.4, 0.5) is 0 Å². The van der Waals surface area contributed by atoms with Crippen molar-refractivity contribution in [3.63, 3.8) is 0 Å². The Morgan fingerprint density at radius 2 is 1.96 bits per heavy atom. The third kappa shape index (κ3) is 3.13. The smallest absolute Gasteiger partial charge is 0.240 e. The molecule has 6 nitrogen and oxygen atoms in total. The Balaban J connectivity index is 1.61. The van der Waals surface area contributed by atoms with E-state index in [1.165, 1.54) is 12.1 Å². The number of nitrogens with one attached hydrogen (secondary N) is 1. The lowest BCUT2D eigenvalue weighted by Crippen LogP contribution is -2.23. The Kier molecular flexibility index (Phi) is 3.99. The standard InChI is InChI=1S/C17H13ClN2O4S/c18-13-3-1-11(2-4-13)8-20-25(21,22)14-5-6-16-15(7-14)17-12(10-23-16)9-19-24-17/h1-7,9,20H,8,10H2. The predicted molar refractivity (Wildman–Crippen MR) is 91.7 cm³/mol. The molecule has 3 aromatic rings. The molecular formula is C17H13ClN2O4S. The van der Waals surface area contributed by atoms with Crippen LogP contribution in [-0.4, -0.2) is 13.6 Å². The molecule has 0 spiro atoms. The Morgan fingerprint density at radius 1 is 1.16 bits per heavy atom. The summed E-state index contributed by atoms with van der Waals surface area (Å²) in [6, 6.07) is 11.6. The third-order valence-corrected chi connectivity index (χ3v) is 5.56. The first-order valence-electron chi connectivity index (χ1n) is 7.48. The second kappa shape index (κ2) is 6.18. The van der Waals surface area contributed by atoms with E-state index in [1.54, 1.807) is 36.5 Å². The summed E-state index contributed by atoms with van der Waals surface area (Å²) in [5, 5.41) is 4.35. The van der Waals surface area contributed by atoms with Gasteiger partial charge in [-0.1, -0.05) is 28.9 Å². The molecule has 0 unspecified atom stereocenters. The van der Waals surface area contributed by atoms with Crippen LogP contribution in [-0.2, 0) is 23.2 Å². The zero-order valence-electron chi connectivity index (χ0n) is 12.9. The molecule has 1 aliphatic heterocycles. The summed E-state index contributed by atoms with van der Waals surface area (Å²) < 4.78 is 38.6. The summed E-state index contributed by atoms with van der Waals surface area (Å²) in [6.45, 7) is 0.521. The lowest BCUT2D eigenvalue weighted by molar-refractivity contribution is 0.297. The number of hydrogen-bond donors (Lipinski definition) is 1. The summed E-state index contributed by atoms with van der Waals surface area (Å²) in [5.41, 5.74) is 2.18. The number of aromatic nitrogens is 1. The van der Waals surface area contributed by atoms with E-state index in [1.807, 2.05) is 0 Å². The van der Waals surface area contributed by atoms with Crippen LogP contribution in [0.15, 0.2) is 58.1 Å². The lowest BCUT2D eigenvalue weighted by Gasteiger charge is -2.16. The van der Waals surface area contributed by atoms with E-state index in [2.05, 4.69) is 9.88 Å². The van der Waals surface area contributed by atoms with Crippen LogP contribution in [0.3, 0.4) is 0 Å². The normalized spacial score (nSPS) is 13.0. The second-order valence-corrected chi connectivity index (χ2v) is 7.78. The fourth-order valence-electron chi connectivity index (χ4n) is 2.58. The fraction of sp³-hybridized carbons (Fsp3) is 0.118. The number of benzene rings is 2. The van der Waals surface area contributed by atoms with Crippen LogP contribution in [0.25, 0.3) is 11.3 Å². The minimum Gasteiger partial charge on any atom is -0.488 e. The molecule has 1 aliphatic rings. The SMILES string of the molecule is O=S(=O)(NCc1ccc(Cl)cc1)c1ccc2c(c1)-c1oncc1CO2. The van der Waals surface area contributed by atoms with Crippen LogP contribution >= 0.6 is 11.6 Å². The number of hydrogen-bond acceptors (Lipinski definition) is 5. The van der Waals surface area contributed by atoms with Crippen molar-refractivity contribution in [2.24, 2.45) is 0 Å². The van der Waals surface area contributed by atoms with Crippen molar-refractivity contribution < 1.29 is 17.7 Å². The van der Waals surface area contributed by atoms with Crippen molar-refractivity contribution in [1.29, 1.82) is 0 Å². The van der Waals surface area contributed by atoms with E-state index in [9.17, 15) is 8.42 Å². The molecule has 0 radical (unpaired) electrons. The van der Waals surface area contributed by atoms with Crippen molar-refractivity contribution in [3.05, 3.63) is 64.8 Å². The molecule has 8 heteroatoms. The summed E-state index contributed by atoms with van der Waals surface area (Å²) in [6.07, 6.45) is 1.57. The zero-order valence-corrected chi connectivity index (χ0v) is 14.5. The van der Waals surface area contributed by atoms with Gasteiger partial charge in [0.25, 0.3) is 0 Å². The van der Waals surface area contributed by atoms with Gasteiger partial charge in [-0.2, -0.15) is 0 Å². The van der Waals surface area contributed by atoms with Crippen molar-refractivity contribution in [2.45, 2.75) is 18.0 Å². The molecule has 4 rings (SSSR count). The van der Waals surface area contributed by atoms with Gasteiger partial charge in [-0.15, -0.1) is 0 Å². The summed E-state index contributed by atoms with van der Waals surface area (Å²) in [4.78, 5) is 0.132. The molecular weight excluding hydrogens is 364 g/mol. The number of halogens is 1. The number of ether oxygens (including phenoxy) is 1. The highest BCUT2D eigenvalue weighted by Gasteiger charge is 2.24. The van der Waals surface area contributed by atoms with Gasteiger partial charge >= 0.3 is 0 Å².